The zero-order valence-electron chi connectivity index (χ0n) is 19.0. The van der Waals surface area contributed by atoms with E-state index in [2.05, 4.69) is 0 Å². The molecular weight excluding hydrogens is 418 g/mol. The van der Waals surface area contributed by atoms with Crippen LogP contribution in [-0.4, -0.2) is 23.6 Å². The number of hydrogen-bond donors (Lipinski definition) is 0. The van der Waals surface area contributed by atoms with Crippen LogP contribution < -0.4 is 4.90 Å². The molecule has 1 aliphatic rings. The number of carbonyl (C=O) groups excluding carboxylic acids is 3. The molecule has 1 heterocycles. The van der Waals surface area contributed by atoms with Gasteiger partial charge < -0.3 is 9.47 Å². The van der Waals surface area contributed by atoms with Crippen molar-refractivity contribution in [3.8, 4) is 0 Å². The van der Waals surface area contributed by atoms with Crippen LogP contribution in [0.4, 0.5) is 10.5 Å². The first-order chi connectivity index (χ1) is 15.6. The van der Waals surface area contributed by atoms with E-state index in [0.29, 0.717) is 22.4 Å². The first kappa shape index (κ1) is 22.3. The average molecular weight is 443 g/mol. The van der Waals surface area contributed by atoms with Gasteiger partial charge in [0.1, 0.15) is 5.60 Å². The minimum atomic E-state index is -1.84. The van der Waals surface area contributed by atoms with Gasteiger partial charge in [0, 0.05) is 11.1 Å². The van der Waals surface area contributed by atoms with Crippen LogP contribution in [0.3, 0.4) is 0 Å². The number of esters is 1. The summed E-state index contributed by atoms with van der Waals surface area (Å²) in [6.45, 7) is 7.04. The van der Waals surface area contributed by atoms with E-state index in [-0.39, 0.29) is 0 Å². The molecule has 2 amide bonds. The molecule has 0 saturated carbocycles. The fourth-order valence-corrected chi connectivity index (χ4v) is 3.88. The lowest BCUT2D eigenvalue weighted by atomic mass is 9.86. The molecule has 0 fully saturated rings. The molecule has 0 radical (unpaired) electrons. The van der Waals surface area contributed by atoms with Crippen LogP contribution in [0.15, 0.2) is 78.9 Å². The highest BCUT2D eigenvalue weighted by Crippen LogP contribution is 2.48. The highest BCUT2D eigenvalue weighted by atomic mass is 16.6. The van der Waals surface area contributed by atoms with Crippen molar-refractivity contribution in [2.24, 2.45) is 0 Å². The van der Waals surface area contributed by atoms with Gasteiger partial charge in [0.25, 0.3) is 5.91 Å². The van der Waals surface area contributed by atoms with Crippen LogP contribution >= 0.6 is 0 Å². The molecule has 4 rings (SSSR count). The van der Waals surface area contributed by atoms with E-state index < -0.39 is 29.2 Å². The Morgan fingerprint density at radius 2 is 1.48 bits per heavy atom. The van der Waals surface area contributed by atoms with Crippen molar-refractivity contribution < 1.29 is 23.9 Å². The van der Waals surface area contributed by atoms with Crippen molar-refractivity contribution >= 4 is 23.7 Å². The van der Waals surface area contributed by atoms with E-state index in [1.165, 1.54) is 0 Å². The first-order valence-corrected chi connectivity index (χ1v) is 10.7. The van der Waals surface area contributed by atoms with Gasteiger partial charge in [0.05, 0.1) is 11.3 Å². The third kappa shape index (κ3) is 4.00. The maximum Gasteiger partial charge on any atom is 0.421 e. The van der Waals surface area contributed by atoms with E-state index in [1.54, 1.807) is 99.6 Å². The predicted octanol–water partition coefficient (Wildman–Crippen LogP) is 5.38. The number of ether oxygens (including phenoxy) is 2. The summed E-state index contributed by atoms with van der Waals surface area (Å²) in [6.07, 6.45) is -0.828. The zero-order valence-corrected chi connectivity index (χ0v) is 19.0. The molecule has 0 spiro atoms. The molecule has 0 unspecified atom stereocenters. The van der Waals surface area contributed by atoms with E-state index in [4.69, 9.17) is 9.47 Å². The van der Waals surface area contributed by atoms with E-state index in [0.717, 1.165) is 10.5 Å². The van der Waals surface area contributed by atoms with Gasteiger partial charge in [-0.15, -0.1) is 0 Å². The smallest absolute Gasteiger partial charge is 0.421 e. The lowest BCUT2D eigenvalue weighted by molar-refractivity contribution is -0.133. The largest absolute Gasteiger partial charge is 0.443 e. The molecule has 0 saturated heterocycles. The monoisotopic (exact) mass is 443 g/mol. The molecule has 33 heavy (non-hydrogen) atoms. The molecule has 6 nitrogen and oxygen atoms in total. The number of rotatable bonds is 3. The minimum Gasteiger partial charge on any atom is -0.443 e. The van der Waals surface area contributed by atoms with Gasteiger partial charge >= 0.3 is 12.1 Å². The van der Waals surface area contributed by atoms with Gasteiger partial charge in [-0.05, 0) is 52.0 Å². The Labute approximate surface area is 192 Å². The van der Waals surface area contributed by atoms with Crippen LogP contribution in [0.1, 0.15) is 47.8 Å². The molecule has 0 N–H and O–H groups in total. The van der Waals surface area contributed by atoms with E-state index in [9.17, 15) is 14.4 Å². The quantitative estimate of drug-likeness (QED) is 0.509. The maximum atomic E-state index is 14.0. The van der Waals surface area contributed by atoms with Crippen molar-refractivity contribution in [1.29, 1.82) is 0 Å². The third-order valence-electron chi connectivity index (χ3n) is 5.29. The second-order valence-electron chi connectivity index (χ2n) is 8.94. The number of carbonyl (C=O) groups is 3. The molecule has 3 aromatic carbocycles. The van der Waals surface area contributed by atoms with Crippen molar-refractivity contribution in [1.82, 2.24) is 0 Å². The molecule has 0 bridgehead atoms. The van der Waals surface area contributed by atoms with Gasteiger partial charge in [0.2, 0.25) is 5.60 Å². The summed E-state index contributed by atoms with van der Waals surface area (Å²) in [5.41, 5.74) is -0.335. The summed E-state index contributed by atoms with van der Waals surface area (Å²) >= 11 is 0. The van der Waals surface area contributed by atoms with Gasteiger partial charge in [-0.2, -0.15) is 0 Å². The van der Waals surface area contributed by atoms with Crippen LogP contribution in [0.2, 0.25) is 0 Å². The Morgan fingerprint density at radius 1 is 0.879 bits per heavy atom. The second-order valence-corrected chi connectivity index (χ2v) is 8.94. The van der Waals surface area contributed by atoms with Crippen molar-refractivity contribution in [2.75, 3.05) is 4.90 Å². The molecule has 6 heteroatoms. The zero-order chi connectivity index (χ0) is 23.8. The highest BCUT2D eigenvalue weighted by Gasteiger charge is 2.58. The number of aryl methyl sites for hydroxylation is 1. The van der Waals surface area contributed by atoms with Gasteiger partial charge in [-0.1, -0.05) is 60.2 Å². The van der Waals surface area contributed by atoms with Crippen molar-refractivity contribution in [2.45, 2.75) is 38.9 Å². The van der Waals surface area contributed by atoms with E-state index in [1.807, 2.05) is 6.92 Å². The summed E-state index contributed by atoms with van der Waals surface area (Å²) < 4.78 is 11.6. The van der Waals surface area contributed by atoms with Gasteiger partial charge in [-0.25, -0.2) is 14.5 Å². The molecule has 0 aromatic heterocycles. The van der Waals surface area contributed by atoms with Crippen molar-refractivity contribution in [3.05, 3.63) is 101 Å². The SMILES string of the molecule is Cc1ccc2c(c1)[C@@](OC(=O)c1ccccc1)(c1ccccc1)C(=O)N2C(=O)OC(C)(C)C. The standard InChI is InChI=1S/C27H25NO5/c1-18-15-16-22-21(17-18)27(20-13-9-6-10-14-20,32-23(29)19-11-7-5-8-12-19)24(30)28(22)25(31)33-26(2,3)4/h5-17H,1-4H3/t27-/m0/s1. The molecule has 3 aromatic rings. The van der Waals surface area contributed by atoms with Gasteiger partial charge in [-0.3, -0.25) is 4.79 Å². The molecule has 1 aliphatic heterocycles. The van der Waals surface area contributed by atoms with Gasteiger partial charge in [0.15, 0.2) is 0 Å². The Kier molecular flexibility index (Phi) is 5.54. The summed E-state index contributed by atoms with van der Waals surface area (Å²) in [4.78, 5) is 41.4. The first-order valence-electron chi connectivity index (χ1n) is 10.7. The normalized spacial score (nSPS) is 17.5. The Morgan fingerprint density at radius 3 is 2.09 bits per heavy atom. The van der Waals surface area contributed by atoms with Crippen LogP contribution in [0, 0.1) is 6.92 Å². The fourth-order valence-electron chi connectivity index (χ4n) is 3.88. The number of nitrogens with zero attached hydrogens (tertiary/aromatic N) is 1. The molecule has 1 atom stereocenters. The number of anilines is 1. The summed E-state index contributed by atoms with van der Waals surface area (Å²) in [5, 5.41) is 0. The minimum absolute atomic E-state index is 0.297. The Bertz CT molecular complexity index is 1210. The van der Waals surface area contributed by atoms with E-state index >= 15 is 0 Å². The number of amides is 2. The summed E-state index contributed by atoms with van der Waals surface area (Å²) in [7, 11) is 0. The number of hydrogen-bond acceptors (Lipinski definition) is 5. The summed E-state index contributed by atoms with van der Waals surface area (Å²) in [5.74, 6) is -1.38. The van der Waals surface area contributed by atoms with Crippen LogP contribution in [-0.2, 0) is 19.9 Å². The number of benzene rings is 3. The van der Waals surface area contributed by atoms with Crippen molar-refractivity contribution in [3.63, 3.8) is 0 Å². The molecule has 168 valence electrons. The number of fused-ring (bicyclic) bond motifs is 1. The van der Waals surface area contributed by atoms with Crippen LogP contribution in [0.25, 0.3) is 0 Å². The second kappa shape index (κ2) is 8.20. The number of imide groups is 1. The maximum absolute atomic E-state index is 14.0. The molecule has 0 aliphatic carbocycles. The average Bonchev–Trinajstić information content (AvgIpc) is 3.02. The topological polar surface area (TPSA) is 72.9 Å². The predicted molar refractivity (Wildman–Crippen MR) is 124 cm³/mol. The summed E-state index contributed by atoms with van der Waals surface area (Å²) in [6, 6.07) is 22.4. The Hall–Kier alpha value is -3.93. The fraction of sp³-hybridized carbons (Fsp3) is 0.222. The molecular formula is C27H25NO5. The third-order valence-corrected chi connectivity index (χ3v) is 5.29. The highest BCUT2D eigenvalue weighted by molar-refractivity contribution is 6.22. The Balaban J connectivity index is 1.92. The lowest BCUT2D eigenvalue weighted by Crippen LogP contribution is -2.48. The lowest BCUT2D eigenvalue weighted by Gasteiger charge is -2.29. The van der Waals surface area contributed by atoms with Crippen LogP contribution in [0.5, 0.6) is 0 Å².